The molecule has 0 aliphatic carbocycles. The molecule has 2 N–H and O–H groups in total. The van der Waals surface area contributed by atoms with Crippen molar-refractivity contribution in [2.45, 2.75) is 19.9 Å². The summed E-state index contributed by atoms with van der Waals surface area (Å²) >= 11 is 0. The molecular formula is C15H27IN4. The lowest BCUT2D eigenvalue weighted by atomic mass is 10.1. The van der Waals surface area contributed by atoms with Crippen molar-refractivity contribution in [2.75, 3.05) is 34.2 Å². The Morgan fingerprint density at radius 3 is 2.60 bits per heavy atom. The lowest BCUT2D eigenvalue weighted by Crippen LogP contribution is -2.38. The molecule has 1 aromatic carbocycles. The monoisotopic (exact) mass is 390 g/mol. The lowest BCUT2D eigenvalue weighted by Gasteiger charge is -2.13. The van der Waals surface area contributed by atoms with E-state index >= 15 is 0 Å². The number of aryl methyl sites for hydroxylation is 1. The van der Waals surface area contributed by atoms with Gasteiger partial charge in [-0.3, -0.25) is 4.99 Å². The van der Waals surface area contributed by atoms with Crippen molar-refractivity contribution in [1.82, 2.24) is 15.5 Å². The predicted molar refractivity (Wildman–Crippen MR) is 98.0 cm³/mol. The summed E-state index contributed by atoms with van der Waals surface area (Å²) in [5.74, 6) is 0.861. The van der Waals surface area contributed by atoms with Gasteiger partial charge in [-0.05, 0) is 39.5 Å². The molecule has 0 aromatic heterocycles. The highest BCUT2D eigenvalue weighted by atomic mass is 127. The molecule has 0 radical (unpaired) electrons. The van der Waals surface area contributed by atoms with Crippen LogP contribution in [-0.2, 0) is 6.54 Å². The Bertz CT molecular complexity index is 405. The van der Waals surface area contributed by atoms with E-state index in [2.05, 4.69) is 65.8 Å². The minimum Gasteiger partial charge on any atom is -0.356 e. The number of hydrogen-bond acceptors (Lipinski definition) is 2. The molecule has 0 aliphatic rings. The van der Waals surface area contributed by atoms with Crippen LogP contribution in [0, 0.1) is 6.92 Å². The van der Waals surface area contributed by atoms with Gasteiger partial charge in [-0.15, -0.1) is 24.0 Å². The Morgan fingerprint density at radius 1 is 1.25 bits per heavy atom. The van der Waals surface area contributed by atoms with Crippen LogP contribution in [-0.4, -0.2) is 45.1 Å². The number of benzene rings is 1. The molecule has 114 valence electrons. The van der Waals surface area contributed by atoms with Gasteiger partial charge >= 0.3 is 0 Å². The first-order valence-electron chi connectivity index (χ1n) is 6.76. The maximum Gasteiger partial charge on any atom is 0.191 e. The molecule has 0 unspecified atom stereocenters. The molecule has 1 rings (SSSR count). The molecule has 0 bridgehead atoms. The molecule has 4 nitrogen and oxygen atoms in total. The van der Waals surface area contributed by atoms with Gasteiger partial charge in [-0.2, -0.15) is 0 Å². The second-order valence-electron chi connectivity index (χ2n) is 5.00. The van der Waals surface area contributed by atoms with Crippen molar-refractivity contribution >= 4 is 29.9 Å². The summed E-state index contributed by atoms with van der Waals surface area (Å²) in [6.45, 7) is 4.93. The highest BCUT2D eigenvalue weighted by Gasteiger charge is 1.98. The number of halogens is 1. The van der Waals surface area contributed by atoms with E-state index in [1.807, 2.05) is 0 Å². The average molecular weight is 390 g/mol. The van der Waals surface area contributed by atoms with Gasteiger partial charge in [-0.1, -0.05) is 29.8 Å². The van der Waals surface area contributed by atoms with E-state index in [0.717, 1.165) is 32.0 Å². The third kappa shape index (κ3) is 8.37. The van der Waals surface area contributed by atoms with Crippen molar-refractivity contribution in [3.8, 4) is 0 Å². The summed E-state index contributed by atoms with van der Waals surface area (Å²) in [4.78, 5) is 6.41. The predicted octanol–water partition coefficient (Wildman–Crippen LogP) is 2.23. The van der Waals surface area contributed by atoms with E-state index in [4.69, 9.17) is 0 Å². The van der Waals surface area contributed by atoms with Gasteiger partial charge in [0.05, 0.1) is 0 Å². The highest BCUT2D eigenvalue weighted by molar-refractivity contribution is 14.0. The topological polar surface area (TPSA) is 39.7 Å². The zero-order chi connectivity index (χ0) is 14.1. The van der Waals surface area contributed by atoms with Crippen LogP contribution in [0.2, 0.25) is 0 Å². The van der Waals surface area contributed by atoms with Crippen LogP contribution in [0.15, 0.2) is 29.3 Å². The summed E-state index contributed by atoms with van der Waals surface area (Å²) in [6, 6.07) is 8.50. The first-order chi connectivity index (χ1) is 9.11. The first-order valence-corrected chi connectivity index (χ1v) is 6.76. The Hall–Kier alpha value is -0.820. The third-order valence-corrected chi connectivity index (χ3v) is 2.84. The SMILES string of the molecule is CN=C(NCCCN(C)C)NCc1cccc(C)c1.I. The van der Waals surface area contributed by atoms with E-state index in [-0.39, 0.29) is 24.0 Å². The highest BCUT2D eigenvalue weighted by Crippen LogP contribution is 2.02. The largest absolute Gasteiger partial charge is 0.356 e. The van der Waals surface area contributed by atoms with Gasteiger partial charge in [0.25, 0.3) is 0 Å². The molecule has 0 atom stereocenters. The fraction of sp³-hybridized carbons (Fsp3) is 0.533. The van der Waals surface area contributed by atoms with Gasteiger partial charge in [0.15, 0.2) is 5.96 Å². The zero-order valence-corrected chi connectivity index (χ0v) is 15.3. The van der Waals surface area contributed by atoms with Crippen molar-refractivity contribution in [2.24, 2.45) is 4.99 Å². The molecule has 0 aliphatic heterocycles. The molecule has 5 heteroatoms. The fourth-order valence-electron chi connectivity index (χ4n) is 1.83. The number of guanidine groups is 1. The Balaban J connectivity index is 0.00000361. The van der Waals surface area contributed by atoms with Crippen molar-refractivity contribution in [1.29, 1.82) is 0 Å². The van der Waals surface area contributed by atoms with E-state index < -0.39 is 0 Å². The Morgan fingerprint density at radius 2 is 2.00 bits per heavy atom. The zero-order valence-electron chi connectivity index (χ0n) is 12.9. The molecule has 1 aromatic rings. The third-order valence-electron chi connectivity index (χ3n) is 2.84. The molecule has 0 heterocycles. The van der Waals surface area contributed by atoms with E-state index in [9.17, 15) is 0 Å². The Labute approximate surface area is 140 Å². The van der Waals surface area contributed by atoms with Crippen LogP contribution in [0.4, 0.5) is 0 Å². The molecule has 0 amide bonds. The second kappa shape index (κ2) is 10.9. The summed E-state index contributed by atoms with van der Waals surface area (Å²) in [7, 11) is 5.98. The van der Waals surface area contributed by atoms with E-state index in [0.29, 0.717) is 0 Å². The summed E-state index contributed by atoms with van der Waals surface area (Å²) in [6.07, 6.45) is 1.11. The number of nitrogens with one attached hydrogen (secondary N) is 2. The molecular weight excluding hydrogens is 363 g/mol. The number of nitrogens with zero attached hydrogens (tertiary/aromatic N) is 2. The van der Waals surface area contributed by atoms with Crippen LogP contribution >= 0.6 is 24.0 Å². The van der Waals surface area contributed by atoms with Crippen LogP contribution in [0.25, 0.3) is 0 Å². The van der Waals surface area contributed by atoms with Crippen LogP contribution in [0.3, 0.4) is 0 Å². The maximum absolute atomic E-state index is 4.22. The number of rotatable bonds is 6. The van der Waals surface area contributed by atoms with Crippen molar-refractivity contribution in [3.63, 3.8) is 0 Å². The fourth-order valence-corrected chi connectivity index (χ4v) is 1.83. The molecule has 20 heavy (non-hydrogen) atoms. The first kappa shape index (κ1) is 19.2. The van der Waals surface area contributed by atoms with Crippen molar-refractivity contribution in [3.05, 3.63) is 35.4 Å². The van der Waals surface area contributed by atoms with E-state index in [1.54, 1.807) is 7.05 Å². The lowest BCUT2D eigenvalue weighted by molar-refractivity contribution is 0.399. The van der Waals surface area contributed by atoms with Gasteiger partial charge in [0.1, 0.15) is 0 Å². The van der Waals surface area contributed by atoms with Crippen LogP contribution in [0.1, 0.15) is 17.5 Å². The summed E-state index contributed by atoms with van der Waals surface area (Å²) in [5.41, 5.74) is 2.56. The van der Waals surface area contributed by atoms with E-state index in [1.165, 1.54) is 11.1 Å². The van der Waals surface area contributed by atoms with Gasteiger partial charge < -0.3 is 15.5 Å². The summed E-state index contributed by atoms with van der Waals surface area (Å²) in [5, 5.41) is 6.65. The second-order valence-corrected chi connectivity index (χ2v) is 5.00. The maximum atomic E-state index is 4.22. The van der Waals surface area contributed by atoms with Crippen LogP contribution in [0.5, 0.6) is 0 Å². The summed E-state index contributed by atoms with van der Waals surface area (Å²) < 4.78 is 0. The number of aliphatic imine (C=N–C) groups is 1. The van der Waals surface area contributed by atoms with Gasteiger partial charge in [-0.25, -0.2) is 0 Å². The number of hydrogen-bond donors (Lipinski definition) is 2. The smallest absolute Gasteiger partial charge is 0.191 e. The van der Waals surface area contributed by atoms with Gasteiger partial charge in [0, 0.05) is 20.1 Å². The van der Waals surface area contributed by atoms with Gasteiger partial charge in [0.2, 0.25) is 0 Å². The molecule has 0 saturated heterocycles. The average Bonchev–Trinajstić information content (AvgIpc) is 2.37. The molecule has 0 fully saturated rings. The Kier molecular flexibility index (Phi) is 10.5. The molecule has 0 saturated carbocycles. The van der Waals surface area contributed by atoms with Crippen molar-refractivity contribution < 1.29 is 0 Å². The minimum atomic E-state index is 0. The molecule has 0 spiro atoms. The minimum absolute atomic E-state index is 0. The standard InChI is InChI=1S/C15H26N4.HI/c1-13-7-5-8-14(11-13)12-18-15(16-2)17-9-6-10-19(3)4;/h5,7-8,11H,6,9-10,12H2,1-4H3,(H2,16,17,18);1H. The van der Waals surface area contributed by atoms with Crippen LogP contribution < -0.4 is 10.6 Å². The normalized spacial score (nSPS) is 11.2. The quantitative estimate of drug-likeness (QED) is 0.339.